The first-order valence-electron chi connectivity index (χ1n) is 7.00. The van der Waals surface area contributed by atoms with E-state index in [1.54, 1.807) is 11.6 Å². The fraction of sp³-hybridized carbons (Fsp3) is 0.750. The standard InChI is InChI=1S/C12H18F3N5OS.ClH/c1-8-10(11(21)17-6-7-22-12(13,14)15)18-19-20(8)9-2-4-16-5-3-9;/h9,16H,2-7H2,1H3,(H,17,21);1H. The van der Waals surface area contributed by atoms with E-state index in [1.165, 1.54) is 0 Å². The van der Waals surface area contributed by atoms with Gasteiger partial charge in [0.2, 0.25) is 0 Å². The second-order valence-corrected chi connectivity index (χ2v) is 6.16. The third-order valence-electron chi connectivity index (χ3n) is 3.45. The lowest BCUT2D eigenvalue weighted by Crippen LogP contribution is -2.30. The number of nitrogens with zero attached hydrogens (tertiary/aromatic N) is 3. The summed E-state index contributed by atoms with van der Waals surface area (Å²) in [7, 11) is 0. The van der Waals surface area contributed by atoms with Crippen molar-refractivity contribution in [3.8, 4) is 0 Å². The van der Waals surface area contributed by atoms with Crippen molar-refractivity contribution in [3.63, 3.8) is 0 Å². The molecule has 23 heavy (non-hydrogen) atoms. The molecule has 0 bridgehead atoms. The van der Waals surface area contributed by atoms with Gasteiger partial charge in [0, 0.05) is 12.3 Å². The maximum Gasteiger partial charge on any atom is 0.441 e. The molecule has 1 aromatic heterocycles. The van der Waals surface area contributed by atoms with Gasteiger partial charge in [-0.2, -0.15) is 13.2 Å². The Bertz CT molecular complexity index is 519. The molecule has 2 N–H and O–H groups in total. The van der Waals surface area contributed by atoms with E-state index in [9.17, 15) is 18.0 Å². The van der Waals surface area contributed by atoms with Crippen molar-refractivity contribution in [2.24, 2.45) is 0 Å². The van der Waals surface area contributed by atoms with Crippen molar-refractivity contribution in [1.82, 2.24) is 25.6 Å². The molecule has 2 heterocycles. The second kappa shape index (κ2) is 8.74. The first kappa shape index (κ1) is 20.0. The van der Waals surface area contributed by atoms with Crippen LogP contribution in [-0.2, 0) is 0 Å². The maximum atomic E-state index is 12.0. The van der Waals surface area contributed by atoms with Crippen LogP contribution in [0.2, 0.25) is 0 Å². The molecule has 6 nitrogen and oxygen atoms in total. The van der Waals surface area contributed by atoms with Crippen LogP contribution < -0.4 is 10.6 Å². The van der Waals surface area contributed by atoms with Crippen LogP contribution >= 0.6 is 24.2 Å². The lowest BCUT2D eigenvalue weighted by Gasteiger charge is -2.23. The number of amides is 1. The van der Waals surface area contributed by atoms with Crippen LogP contribution in [0, 0.1) is 6.92 Å². The lowest BCUT2D eigenvalue weighted by atomic mass is 10.1. The van der Waals surface area contributed by atoms with Crippen molar-refractivity contribution >= 4 is 30.1 Å². The topological polar surface area (TPSA) is 71.8 Å². The van der Waals surface area contributed by atoms with Gasteiger partial charge in [-0.25, -0.2) is 4.68 Å². The Kier molecular flexibility index (Phi) is 7.62. The summed E-state index contributed by atoms with van der Waals surface area (Å²) in [4.78, 5) is 12.0. The Balaban J connectivity index is 0.00000264. The molecule has 0 saturated carbocycles. The molecule has 0 radical (unpaired) electrons. The molecule has 2 rings (SSSR count). The average molecular weight is 374 g/mol. The number of nitrogens with one attached hydrogen (secondary N) is 2. The number of hydrogen-bond acceptors (Lipinski definition) is 5. The SMILES string of the molecule is Cc1c(C(=O)NCCSC(F)(F)F)nnn1C1CCNCC1.Cl. The minimum Gasteiger partial charge on any atom is -0.350 e. The molecule has 1 aliphatic heterocycles. The predicted octanol–water partition coefficient (Wildman–Crippen LogP) is 1.92. The highest BCUT2D eigenvalue weighted by Crippen LogP contribution is 2.29. The van der Waals surface area contributed by atoms with Gasteiger partial charge >= 0.3 is 5.51 Å². The van der Waals surface area contributed by atoms with Gasteiger partial charge in [0.1, 0.15) is 0 Å². The fourth-order valence-corrected chi connectivity index (χ4v) is 2.80. The van der Waals surface area contributed by atoms with E-state index in [-0.39, 0.29) is 48.2 Å². The van der Waals surface area contributed by atoms with Crippen LogP contribution in [0.25, 0.3) is 0 Å². The lowest BCUT2D eigenvalue weighted by molar-refractivity contribution is -0.0327. The molecule has 1 aromatic rings. The zero-order chi connectivity index (χ0) is 16.2. The van der Waals surface area contributed by atoms with E-state index in [0.717, 1.165) is 25.9 Å². The van der Waals surface area contributed by atoms with Gasteiger partial charge in [-0.3, -0.25) is 4.79 Å². The molecule has 0 aromatic carbocycles. The molecule has 1 aliphatic rings. The van der Waals surface area contributed by atoms with Crippen LogP contribution in [0.15, 0.2) is 0 Å². The monoisotopic (exact) mass is 373 g/mol. The average Bonchev–Trinajstić information content (AvgIpc) is 2.85. The summed E-state index contributed by atoms with van der Waals surface area (Å²) in [6.45, 7) is 3.46. The van der Waals surface area contributed by atoms with Gasteiger partial charge < -0.3 is 10.6 Å². The van der Waals surface area contributed by atoms with Crippen molar-refractivity contribution in [2.75, 3.05) is 25.4 Å². The summed E-state index contributed by atoms with van der Waals surface area (Å²) in [5, 5.41) is 13.6. The zero-order valence-electron chi connectivity index (χ0n) is 12.5. The van der Waals surface area contributed by atoms with E-state index in [0.29, 0.717) is 5.69 Å². The summed E-state index contributed by atoms with van der Waals surface area (Å²) in [5.41, 5.74) is -3.46. The minimum atomic E-state index is -4.28. The number of alkyl halides is 3. The van der Waals surface area contributed by atoms with Crippen molar-refractivity contribution in [3.05, 3.63) is 11.4 Å². The van der Waals surface area contributed by atoms with E-state index < -0.39 is 11.4 Å². The van der Waals surface area contributed by atoms with Crippen LogP contribution in [-0.4, -0.2) is 51.8 Å². The van der Waals surface area contributed by atoms with E-state index in [4.69, 9.17) is 0 Å². The number of aromatic nitrogens is 3. The summed E-state index contributed by atoms with van der Waals surface area (Å²) in [6.07, 6.45) is 1.82. The fourth-order valence-electron chi connectivity index (χ4n) is 2.36. The summed E-state index contributed by atoms with van der Waals surface area (Å²) < 4.78 is 37.7. The van der Waals surface area contributed by atoms with E-state index in [1.807, 2.05) is 0 Å². The number of carbonyl (C=O) groups is 1. The molecule has 0 aliphatic carbocycles. The molecule has 0 atom stereocenters. The van der Waals surface area contributed by atoms with E-state index in [2.05, 4.69) is 20.9 Å². The highest BCUT2D eigenvalue weighted by Gasteiger charge is 2.28. The number of thioether (sulfide) groups is 1. The third-order valence-corrected chi connectivity index (χ3v) is 4.19. The Morgan fingerprint density at radius 1 is 1.43 bits per heavy atom. The minimum absolute atomic E-state index is 0. The van der Waals surface area contributed by atoms with Crippen molar-refractivity contribution in [2.45, 2.75) is 31.3 Å². The molecule has 132 valence electrons. The van der Waals surface area contributed by atoms with Crippen LogP contribution in [0.3, 0.4) is 0 Å². The van der Waals surface area contributed by atoms with Gasteiger partial charge in [0.15, 0.2) is 5.69 Å². The van der Waals surface area contributed by atoms with Crippen LogP contribution in [0.5, 0.6) is 0 Å². The normalized spacial score (nSPS) is 16.0. The molecule has 11 heteroatoms. The highest BCUT2D eigenvalue weighted by molar-refractivity contribution is 8.00. The summed E-state index contributed by atoms with van der Waals surface area (Å²) in [5.74, 6) is -0.711. The number of piperidine rings is 1. The van der Waals surface area contributed by atoms with Gasteiger partial charge in [-0.15, -0.1) is 17.5 Å². The predicted molar refractivity (Wildman–Crippen MR) is 84.0 cm³/mol. The molecule has 0 unspecified atom stereocenters. The Hall–Kier alpha value is -1.00. The number of halogens is 4. The van der Waals surface area contributed by atoms with Crippen LogP contribution in [0.1, 0.15) is 35.1 Å². The summed E-state index contributed by atoms with van der Waals surface area (Å²) in [6, 6.07) is 0.205. The van der Waals surface area contributed by atoms with Gasteiger partial charge in [0.25, 0.3) is 5.91 Å². The quantitative estimate of drug-likeness (QED) is 0.771. The number of carbonyl (C=O) groups excluding carboxylic acids is 1. The molecule has 1 saturated heterocycles. The third kappa shape index (κ3) is 5.85. The van der Waals surface area contributed by atoms with Gasteiger partial charge in [0.05, 0.1) is 11.7 Å². The number of hydrogen-bond donors (Lipinski definition) is 2. The first-order chi connectivity index (χ1) is 10.4. The molecule has 1 fully saturated rings. The van der Waals surface area contributed by atoms with E-state index >= 15 is 0 Å². The van der Waals surface area contributed by atoms with Crippen molar-refractivity contribution < 1.29 is 18.0 Å². The van der Waals surface area contributed by atoms with Crippen LogP contribution in [0.4, 0.5) is 13.2 Å². The molecular formula is C12H19ClF3N5OS. The Morgan fingerprint density at radius 2 is 2.09 bits per heavy atom. The molecule has 1 amide bonds. The molecule has 0 spiro atoms. The Morgan fingerprint density at radius 3 is 2.70 bits per heavy atom. The first-order valence-corrected chi connectivity index (χ1v) is 7.98. The smallest absolute Gasteiger partial charge is 0.350 e. The van der Waals surface area contributed by atoms with Gasteiger partial charge in [-0.05, 0) is 44.6 Å². The Labute approximate surface area is 142 Å². The summed E-state index contributed by atoms with van der Waals surface area (Å²) >= 11 is -0.160. The van der Waals surface area contributed by atoms with Gasteiger partial charge in [-0.1, -0.05) is 5.21 Å². The highest BCUT2D eigenvalue weighted by atomic mass is 35.5. The number of rotatable bonds is 5. The largest absolute Gasteiger partial charge is 0.441 e. The maximum absolute atomic E-state index is 12.0. The molecular weight excluding hydrogens is 355 g/mol. The zero-order valence-corrected chi connectivity index (χ0v) is 14.2. The second-order valence-electron chi connectivity index (χ2n) is 5.00. The van der Waals surface area contributed by atoms with Crippen molar-refractivity contribution in [1.29, 1.82) is 0 Å².